The van der Waals surface area contributed by atoms with Gasteiger partial charge in [0.2, 0.25) is 0 Å². The zero-order valence-electron chi connectivity index (χ0n) is 13.1. The number of para-hydroxylation sites is 1. The maximum Gasteiger partial charge on any atom is 0.0642 e. The van der Waals surface area contributed by atoms with Gasteiger partial charge in [0.05, 0.1) is 10.7 Å². The van der Waals surface area contributed by atoms with Crippen LogP contribution in [0.3, 0.4) is 0 Å². The molecule has 1 aromatic rings. The molecule has 1 aliphatic rings. The van der Waals surface area contributed by atoms with Crippen LogP contribution in [0.25, 0.3) is 0 Å². The highest BCUT2D eigenvalue weighted by Crippen LogP contribution is 2.39. The van der Waals surface area contributed by atoms with Gasteiger partial charge in [-0.1, -0.05) is 44.5 Å². The Morgan fingerprint density at radius 2 is 2.10 bits per heavy atom. The van der Waals surface area contributed by atoms with Crippen molar-refractivity contribution in [1.29, 1.82) is 0 Å². The number of rotatable bonds is 3. The third kappa shape index (κ3) is 3.48. The predicted molar refractivity (Wildman–Crippen MR) is 88.6 cm³/mol. The van der Waals surface area contributed by atoms with Gasteiger partial charge in [0, 0.05) is 19.1 Å². The van der Waals surface area contributed by atoms with Crippen molar-refractivity contribution in [2.45, 2.75) is 46.6 Å². The molecule has 1 aliphatic heterocycles. The molecule has 0 amide bonds. The monoisotopic (exact) mass is 294 g/mol. The fourth-order valence-corrected chi connectivity index (χ4v) is 3.41. The van der Waals surface area contributed by atoms with E-state index in [-0.39, 0.29) is 6.04 Å². The molecule has 3 heteroatoms. The lowest BCUT2D eigenvalue weighted by atomic mass is 9.80. The molecule has 0 saturated carbocycles. The van der Waals surface area contributed by atoms with Gasteiger partial charge in [0.25, 0.3) is 0 Å². The summed E-state index contributed by atoms with van der Waals surface area (Å²) in [7, 11) is 0. The lowest BCUT2D eigenvalue weighted by Crippen LogP contribution is -2.27. The lowest BCUT2D eigenvalue weighted by molar-refractivity contribution is 0.263. The van der Waals surface area contributed by atoms with Gasteiger partial charge in [-0.05, 0) is 42.7 Å². The molecule has 2 nitrogen and oxygen atoms in total. The van der Waals surface area contributed by atoms with Crippen LogP contribution in [0.5, 0.6) is 0 Å². The van der Waals surface area contributed by atoms with Crippen LogP contribution in [0, 0.1) is 11.3 Å². The van der Waals surface area contributed by atoms with E-state index in [0.717, 1.165) is 30.5 Å². The minimum Gasteiger partial charge on any atom is -0.370 e. The summed E-state index contributed by atoms with van der Waals surface area (Å²) in [6, 6.07) is 6.34. The Morgan fingerprint density at radius 3 is 2.65 bits per heavy atom. The van der Waals surface area contributed by atoms with E-state index in [0.29, 0.717) is 5.41 Å². The van der Waals surface area contributed by atoms with Gasteiger partial charge >= 0.3 is 0 Å². The summed E-state index contributed by atoms with van der Waals surface area (Å²) >= 11 is 6.47. The summed E-state index contributed by atoms with van der Waals surface area (Å²) in [6.07, 6.45) is 2.12. The first kappa shape index (κ1) is 15.7. The van der Waals surface area contributed by atoms with E-state index in [1.54, 1.807) is 0 Å². The van der Waals surface area contributed by atoms with Crippen molar-refractivity contribution < 1.29 is 0 Å². The first-order chi connectivity index (χ1) is 9.29. The van der Waals surface area contributed by atoms with E-state index in [1.165, 1.54) is 17.7 Å². The Morgan fingerprint density at radius 1 is 1.40 bits per heavy atom. The molecule has 2 N–H and O–H groups in total. The minimum absolute atomic E-state index is 0.160. The first-order valence-corrected chi connectivity index (χ1v) is 7.94. The van der Waals surface area contributed by atoms with Crippen LogP contribution >= 0.6 is 11.6 Å². The molecule has 20 heavy (non-hydrogen) atoms. The Bertz CT molecular complexity index is 463. The van der Waals surface area contributed by atoms with Gasteiger partial charge in [0.15, 0.2) is 0 Å². The second-order valence-electron chi connectivity index (χ2n) is 7.23. The molecule has 0 spiro atoms. The second-order valence-corrected chi connectivity index (χ2v) is 7.63. The van der Waals surface area contributed by atoms with Gasteiger partial charge in [-0.3, -0.25) is 0 Å². The van der Waals surface area contributed by atoms with Crippen molar-refractivity contribution in [2.24, 2.45) is 17.1 Å². The average molecular weight is 295 g/mol. The van der Waals surface area contributed by atoms with Crippen LogP contribution < -0.4 is 10.6 Å². The number of anilines is 1. The van der Waals surface area contributed by atoms with Crippen LogP contribution in [0.2, 0.25) is 5.02 Å². The Balaban J connectivity index is 2.25. The molecule has 0 aromatic heterocycles. The van der Waals surface area contributed by atoms with E-state index >= 15 is 0 Å². The normalized spacial score (nSPS) is 21.3. The predicted octanol–water partition coefficient (Wildman–Crippen LogP) is 4.10. The first-order valence-electron chi connectivity index (χ1n) is 7.57. The minimum atomic E-state index is 0.160. The SMILES string of the molecule is CC(N)Cc1cccc(Cl)c1N1CCC(C(C)(C)C)C1. The highest BCUT2D eigenvalue weighted by atomic mass is 35.5. The molecular weight excluding hydrogens is 268 g/mol. The van der Waals surface area contributed by atoms with Crippen LogP contribution in [0.4, 0.5) is 5.69 Å². The number of nitrogens with zero attached hydrogens (tertiary/aromatic N) is 1. The molecule has 112 valence electrons. The molecule has 0 bridgehead atoms. The highest BCUT2D eigenvalue weighted by molar-refractivity contribution is 6.33. The van der Waals surface area contributed by atoms with Crippen molar-refractivity contribution in [3.8, 4) is 0 Å². The number of benzene rings is 1. The third-order valence-electron chi connectivity index (χ3n) is 4.34. The fourth-order valence-electron chi connectivity index (χ4n) is 3.10. The van der Waals surface area contributed by atoms with Gasteiger partial charge in [-0.15, -0.1) is 0 Å². The van der Waals surface area contributed by atoms with Crippen LogP contribution in [0.1, 0.15) is 39.7 Å². The van der Waals surface area contributed by atoms with Crippen LogP contribution in [-0.4, -0.2) is 19.1 Å². The van der Waals surface area contributed by atoms with Gasteiger partial charge in [-0.25, -0.2) is 0 Å². The molecule has 2 atom stereocenters. The van der Waals surface area contributed by atoms with Crippen LogP contribution in [0.15, 0.2) is 18.2 Å². The number of hydrogen-bond acceptors (Lipinski definition) is 2. The zero-order chi connectivity index (χ0) is 14.9. The summed E-state index contributed by atoms with van der Waals surface area (Å²) in [4.78, 5) is 2.45. The molecule has 1 fully saturated rings. The van der Waals surface area contributed by atoms with Crippen molar-refractivity contribution in [2.75, 3.05) is 18.0 Å². The molecule has 0 radical (unpaired) electrons. The zero-order valence-corrected chi connectivity index (χ0v) is 13.9. The second kappa shape index (κ2) is 5.95. The number of halogens is 1. The summed E-state index contributed by atoms with van der Waals surface area (Å²) in [5, 5.41) is 0.859. The molecule has 2 unspecified atom stereocenters. The standard InChI is InChI=1S/C17H27ClN2/c1-12(19)10-13-6-5-7-15(18)16(13)20-9-8-14(11-20)17(2,3)4/h5-7,12,14H,8-11,19H2,1-4H3. The Hall–Kier alpha value is -0.730. The van der Waals surface area contributed by atoms with Crippen molar-refractivity contribution in [3.63, 3.8) is 0 Å². The van der Waals surface area contributed by atoms with E-state index in [2.05, 4.69) is 31.7 Å². The maximum absolute atomic E-state index is 6.47. The summed E-state index contributed by atoms with van der Waals surface area (Å²) < 4.78 is 0. The third-order valence-corrected chi connectivity index (χ3v) is 4.65. The van der Waals surface area contributed by atoms with Crippen molar-refractivity contribution >= 4 is 17.3 Å². The number of nitrogens with two attached hydrogens (primary N) is 1. The van der Waals surface area contributed by atoms with Gasteiger partial charge < -0.3 is 10.6 Å². The smallest absolute Gasteiger partial charge is 0.0642 e. The fraction of sp³-hybridized carbons (Fsp3) is 0.647. The molecule has 2 rings (SSSR count). The topological polar surface area (TPSA) is 29.3 Å². The van der Waals surface area contributed by atoms with Crippen molar-refractivity contribution in [1.82, 2.24) is 0 Å². The van der Waals surface area contributed by atoms with Gasteiger partial charge in [0.1, 0.15) is 0 Å². The molecule has 1 saturated heterocycles. The van der Waals surface area contributed by atoms with E-state index in [9.17, 15) is 0 Å². The average Bonchev–Trinajstić information content (AvgIpc) is 2.77. The van der Waals surface area contributed by atoms with E-state index < -0.39 is 0 Å². The quantitative estimate of drug-likeness (QED) is 0.909. The largest absolute Gasteiger partial charge is 0.370 e. The Kier molecular flexibility index (Phi) is 4.66. The van der Waals surface area contributed by atoms with E-state index in [1.807, 2.05) is 19.1 Å². The molecule has 1 heterocycles. The summed E-state index contributed by atoms with van der Waals surface area (Å²) in [5.41, 5.74) is 8.82. The Labute approximate surface area is 128 Å². The number of hydrogen-bond donors (Lipinski definition) is 1. The van der Waals surface area contributed by atoms with Crippen molar-refractivity contribution in [3.05, 3.63) is 28.8 Å². The maximum atomic E-state index is 6.47. The summed E-state index contributed by atoms with van der Waals surface area (Å²) in [6.45, 7) is 11.2. The highest BCUT2D eigenvalue weighted by Gasteiger charge is 2.33. The lowest BCUT2D eigenvalue weighted by Gasteiger charge is -2.29. The van der Waals surface area contributed by atoms with Gasteiger partial charge in [-0.2, -0.15) is 0 Å². The molecule has 1 aromatic carbocycles. The molecular formula is C17H27ClN2. The van der Waals surface area contributed by atoms with Crippen LogP contribution in [-0.2, 0) is 6.42 Å². The molecule has 0 aliphatic carbocycles. The van der Waals surface area contributed by atoms with E-state index in [4.69, 9.17) is 17.3 Å². The summed E-state index contributed by atoms with van der Waals surface area (Å²) in [5.74, 6) is 0.724.